The highest BCUT2D eigenvalue weighted by Crippen LogP contribution is 2.30. The number of rotatable bonds is 5. The summed E-state index contributed by atoms with van der Waals surface area (Å²) in [5.74, 6) is -1.14. The maximum absolute atomic E-state index is 13.1. The summed E-state index contributed by atoms with van der Waals surface area (Å²) >= 11 is 0. The molecule has 3 N–H and O–H groups in total. The van der Waals surface area contributed by atoms with Crippen LogP contribution in [0.5, 0.6) is 0 Å². The Kier molecular flexibility index (Phi) is 6.16. The lowest BCUT2D eigenvalue weighted by atomic mass is 9.95. The van der Waals surface area contributed by atoms with E-state index in [1.54, 1.807) is 12.1 Å². The molecule has 0 radical (unpaired) electrons. The highest BCUT2D eigenvalue weighted by molar-refractivity contribution is 6.23. The lowest BCUT2D eigenvalue weighted by Crippen LogP contribution is -2.54. The molecule has 4 amide bonds. The number of piperidine rings is 3. The molecule has 1 aromatic rings. The van der Waals surface area contributed by atoms with Gasteiger partial charge in [-0.3, -0.25) is 29.4 Å². The summed E-state index contributed by atoms with van der Waals surface area (Å²) in [6, 6.07) is 4.58. The molecule has 33 heavy (non-hydrogen) atoms. The van der Waals surface area contributed by atoms with E-state index < -0.39 is 23.8 Å². The number of imide groups is 2. The molecule has 4 heterocycles. The van der Waals surface area contributed by atoms with Gasteiger partial charge in [-0.2, -0.15) is 0 Å². The van der Waals surface area contributed by atoms with Crippen molar-refractivity contribution in [1.82, 2.24) is 20.4 Å². The zero-order valence-electron chi connectivity index (χ0n) is 18.8. The van der Waals surface area contributed by atoms with Crippen molar-refractivity contribution in [3.63, 3.8) is 0 Å². The van der Waals surface area contributed by atoms with Gasteiger partial charge in [0.2, 0.25) is 11.8 Å². The molecule has 176 valence electrons. The van der Waals surface area contributed by atoms with Crippen molar-refractivity contribution in [3.05, 3.63) is 29.3 Å². The minimum atomic E-state index is -0.937. The van der Waals surface area contributed by atoms with Crippen LogP contribution in [0.3, 0.4) is 0 Å². The molecule has 2 atom stereocenters. The molecule has 0 bridgehead atoms. The fraction of sp³-hybridized carbons (Fsp3) is 0.583. The Hall–Kier alpha value is -2.78. The third kappa shape index (κ3) is 4.52. The molecule has 4 aliphatic heterocycles. The average Bonchev–Trinajstić information content (AvgIpc) is 3.05. The van der Waals surface area contributed by atoms with Crippen molar-refractivity contribution in [2.24, 2.45) is 5.92 Å². The summed E-state index contributed by atoms with van der Waals surface area (Å²) in [6.45, 7) is 5.45. The third-order valence-corrected chi connectivity index (χ3v) is 7.29. The van der Waals surface area contributed by atoms with Gasteiger partial charge in [-0.1, -0.05) is 0 Å². The van der Waals surface area contributed by atoms with E-state index in [1.165, 1.54) is 12.8 Å². The fourth-order valence-corrected chi connectivity index (χ4v) is 5.57. The second kappa shape index (κ2) is 9.23. The van der Waals surface area contributed by atoms with Crippen LogP contribution in [0, 0.1) is 5.92 Å². The predicted molar refractivity (Wildman–Crippen MR) is 122 cm³/mol. The standard InChI is InChI=1S/C24H31N5O4/c30-21-6-5-20(22(31)27-21)29-23(32)18-4-3-16(12-19(18)24(29)33)26-17-2-1-11-28(14-17)13-15-7-9-25-10-8-15/h3-4,12,15,17,20,25-26H,1-2,5-11,13-14H2,(H,27,30,31)/t17-,20?/m0/s1. The first kappa shape index (κ1) is 22.0. The topological polar surface area (TPSA) is 111 Å². The lowest BCUT2D eigenvalue weighted by Gasteiger charge is -2.36. The zero-order chi connectivity index (χ0) is 22.9. The summed E-state index contributed by atoms with van der Waals surface area (Å²) in [7, 11) is 0. The van der Waals surface area contributed by atoms with Gasteiger partial charge in [0.1, 0.15) is 6.04 Å². The molecular weight excluding hydrogens is 422 g/mol. The Morgan fingerprint density at radius 3 is 2.55 bits per heavy atom. The van der Waals surface area contributed by atoms with E-state index >= 15 is 0 Å². The van der Waals surface area contributed by atoms with E-state index in [1.807, 2.05) is 6.07 Å². The minimum absolute atomic E-state index is 0.117. The molecule has 0 spiro atoms. The second-order valence-corrected chi connectivity index (χ2v) is 9.64. The van der Waals surface area contributed by atoms with E-state index in [2.05, 4.69) is 20.9 Å². The van der Waals surface area contributed by atoms with Crippen LogP contribution in [0.1, 0.15) is 59.2 Å². The maximum Gasteiger partial charge on any atom is 0.262 e. The number of carbonyl (C=O) groups is 4. The number of likely N-dealkylation sites (tertiary alicyclic amines) is 1. The van der Waals surface area contributed by atoms with Gasteiger partial charge in [-0.15, -0.1) is 0 Å². The summed E-state index contributed by atoms with van der Waals surface area (Å²) in [5, 5.41) is 9.22. The van der Waals surface area contributed by atoms with Gasteiger partial charge in [0.05, 0.1) is 11.1 Å². The van der Waals surface area contributed by atoms with Crippen LogP contribution in [0.25, 0.3) is 0 Å². The number of hydrogen-bond acceptors (Lipinski definition) is 7. The molecule has 4 aliphatic rings. The first-order valence-electron chi connectivity index (χ1n) is 12.0. The van der Waals surface area contributed by atoms with Crippen LogP contribution in [-0.4, -0.2) is 78.2 Å². The molecule has 0 aliphatic carbocycles. The monoisotopic (exact) mass is 453 g/mol. The van der Waals surface area contributed by atoms with Gasteiger partial charge < -0.3 is 15.5 Å². The van der Waals surface area contributed by atoms with Gasteiger partial charge in [-0.05, 0) is 75.9 Å². The Balaban J connectivity index is 1.24. The Morgan fingerprint density at radius 2 is 1.76 bits per heavy atom. The molecular formula is C24H31N5O4. The highest BCUT2D eigenvalue weighted by atomic mass is 16.2. The van der Waals surface area contributed by atoms with E-state index in [0.717, 1.165) is 62.1 Å². The number of nitrogens with one attached hydrogen (secondary N) is 3. The first-order chi connectivity index (χ1) is 16.0. The molecule has 1 aromatic carbocycles. The van der Waals surface area contributed by atoms with Crippen LogP contribution in [-0.2, 0) is 9.59 Å². The van der Waals surface area contributed by atoms with Gasteiger partial charge in [0, 0.05) is 31.2 Å². The number of hydrogen-bond donors (Lipinski definition) is 3. The number of carbonyl (C=O) groups excluding carboxylic acids is 4. The van der Waals surface area contributed by atoms with Crippen LogP contribution in [0.15, 0.2) is 18.2 Å². The number of amides is 4. The van der Waals surface area contributed by atoms with Crippen LogP contribution >= 0.6 is 0 Å². The van der Waals surface area contributed by atoms with Crippen molar-refractivity contribution >= 4 is 29.3 Å². The lowest BCUT2D eigenvalue weighted by molar-refractivity contribution is -0.136. The van der Waals surface area contributed by atoms with Crippen LogP contribution in [0.2, 0.25) is 0 Å². The van der Waals surface area contributed by atoms with E-state index in [-0.39, 0.29) is 24.8 Å². The fourth-order valence-electron chi connectivity index (χ4n) is 5.57. The van der Waals surface area contributed by atoms with Crippen LogP contribution < -0.4 is 16.0 Å². The molecule has 9 heteroatoms. The quantitative estimate of drug-likeness (QED) is 0.570. The number of nitrogens with zero attached hydrogens (tertiary/aromatic N) is 2. The number of anilines is 1. The number of benzene rings is 1. The predicted octanol–water partition coefficient (Wildman–Crippen LogP) is 0.964. The Bertz CT molecular complexity index is 974. The third-order valence-electron chi connectivity index (χ3n) is 7.29. The van der Waals surface area contributed by atoms with Crippen molar-refractivity contribution < 1.29 is 19.2 Å². The summed E-state index contributed by atoms with van der Waals surface area (Å²) in [4.78, 5) is 53.2. The second-order valence-electron chi connectivity index (χ2n) is 9.64. The average molecular weight is 454 g/mol. The minimum Gasteiger partial charge on any atom is -0.381 e. The molecule has 0 saturated carbocycles. The normalized spacial score (nSPS) is 27.0. The molecule has 3 fully saturated rings. The number of fused-ring (bicyclic) bond motifs is 1. The molecule has 3 saturated heterocycles. The van der Waals surface area contributed by atoms with Gasteiger partial charge in [0.25, 0.3) is 11.8 Å². The van der Waals surface area contributed by atoms with Crippen molar-refractivity contribution in [3.8, 4) is 0 Å². The van der Waals surface area contributed by atoms with E-state index in [9.17, 15) is 19.2 Å². The van der Waals surface area contributed by atoms with Crippen molar-refractivity contribution in [1.29, 1.82) is 0 Å². The van der Waals surface area contributed by atoms with Crippen LogP contribution in [0.4, 0.5) is 5.69 Å². The molecule has 1 unspecified atom stereocenters. The largest absolute Gasteiger partial charge is 0.381 e. The smallest absolute Gasteiger partial charge is 0.262 e. The molecule has 9 nitrogen and oxygen atoms in total. The summed E-state index contributed by atoms with van der Waals surface area (Å²) in [6.07, 6.45) is 4.95. The molecule has 5 rings (SSSR count). The zero-order valence-corrected chi connectivity index (χ0v) is 18.8. The first-order valence-corrected chi connectivity index (χ1v) is 12.0. The summed E-state index contributed by atoms with van der Waals surface area (Å²) in [5.41, 5.74) is 1.44. The van der Waals surface area contributed by atoms with E-state index in [4.69, 9.17) is 0 Å². The molecule has 0 aromatic heterocycles. The summed E-state index contributed by atoms with van der Waals surface area (Å²) < 4.78 is 0. The van der Waals surface area contributed by atoms with Gasteiger partial charge >= 0.3 is 0 Å². The van der Waals surface area contributed by atoms with Crippen molar-refractivity contribution in [2.45, 2.75) is 50.6 Å². The Morgan fingerprint density at radius 1 is 0.970 bits per heavy atom. The van der Waals surface area contributed by atoms with Gasteiger partial charge in [-0.25, -0.2) is 0 Å². The van der Waals surface area contributed by atoms with E-state index in [0.29, 0.717) is 11.1 Å². The highest BCUT2D eigenvalue weighted by Gasteiger charge is 2.44. The SMILES string of the molecule is O=C1CCC(N2C(=O)c3ccc(N[C@H]4CCCN(CC5CCNCC5)C4)cc3C2=O)C(=O)N1. The van der Waals surface area contributed by atoms with Gasteiger partial charge in [0.15, 0.2) is 0 Å². The maximum atomic E-state index is 13.1. The van der Waals surface area contributed by atoms with Crippen molar-refractivity contribution in [2.75, 3.05) is 38.0 Å². The Labute approximate surface area is 193 Å².